The summed E-state index contributed by atoms with van der Waals surface area (Å²) in [6.45, 7) is 0.429. The van der Waals surface area contributed by atoms with Crippen molar-refractivity contribution in [2.45, 2.75) is 17.9 Å². The molecule has 0 radical (unpaired) electrons. The van der Waals surface area contributed by atoms with Gasteiger partial charge >= 0.3 is 0 Å². The Bertz CT molecular complexity index is 1110. The van der Waals surface area contributed by atoms with Crippen molar-refractivity contribution in [3.8, 4) is 5.82 Å². The molecule has 2 heterocycles. The zero-order valence-electron chi connectivity index (χ0n) is 15.6. The summed E-state index contributed by atoms with van der Waals surface area (Å²) in [7, 11) is 0. The second kappa shape index (κ2) is 8.87. The predicted molar refractivity (Wildman–Crippen MR) is 112 cm³/mol. The monoisotopic (exact) mass is 406 g/mol. The van der Waals surface area contributed by atoms with Crippen molar-refractivity contribution in [2.75, 3.05) is 5.75 Å². The lowest BCUT2D eigenvalue weighted by Crippen LogP contribution is -2.23. The zero-order chi connectivity index (χ0) is 20.1. The summed E-state index contributed by atoms with van der Waals surface area (Å²) in [5, 5.41) is 2.91. The van der Waals surface area contributed by atoms with E-state index >= 15 is 0 Å². The molecule has 0 aliphatic heterocycles. The summed E-state index contributed by atoms with van der Waals surface area (Å²) in [6.07, 6.45) is 3.92. The lowest BCUT2D eigenvalue weighted by molar-refractivity contribution is -0.120. The van der Waals surface area contributed by atoms with E-state index in [2.05, 4.69) is 15.3 Å². The first kappa shape index (κ1) is 19.1. The minimum atomic E-state index is -0.257. The van der Waals surface area contributed by atoms with E-state index in [1.54, 1.807) is 24.7 Å². The van der Waals surface area contributed by atoms with Crippen molar-refractivity contribution in [1.82, 2.24) is 19.9 Å². The van der Waals surface area contributed by atoms with Crippen LogP contribution in [0, 0.1) is 5.82 Å². The number of nitrogens with one attached hydrogen (secondary N) is 1. The molecule has 0 bridgehead atoms. The van der Waals surface area contributed by atoms with Gasteiger partial charge in [0.05, 0.1) is 11.0 Å². The molecule has 0 spiro atoms. The number of pyridine rings is 1. The molecule has 0 aliphatic rings. The fraction of sp³-hybridized carbons (Fsp3) is 0.136. The van der Waals surface area contributed by atoms with E-state index in [4.69, 9.17) is 0 Å². The van der Waals surface area contributed by atoms with Gasteiger partial charge in [-0.15, -0.1) is 11.8 Å². The highest BCUT2D eigenvalue weighted by molar-refractivity contribution is 7.99. The Balaban J connectivity index is 1.27. The summed E-state index contributed by atoms with van der Waals surface area (Å²) in [5.41, 5.74) is 2.85. The molecular weight excluding hydrogens is 387 g/mol. The number of halogens is 1. The fourth-order valence-electron chi connectivity index (χ4n) is 2.89. The van der Waals surface area contributed by atoms with Gasteiger partial charge < -0.3 is 5.32 Å². The van der Waals surface area contributed by atoms with Gasteiger partial charge in [-0.3, -0.25) is 9.36 Å². The molecule has 0 unspecified atom stereocenters. The SMILES string of the molecule is O=C(CCSc1ccc(F)cc1)NCc1ccc(-n2cnc3ccccc32)nc1. The molecular formula is C22H19FN4OS. The van der Waals surface area contributed by atoms with Crippen LogP contribution in [-0.2, 0) is 11.3 Å². The number of imidazole rings is 1. The molecule has 0 atom stereocenters. The van der Waals surface area contributed by atoms with Gasteiger partial charge in [-0.05, 0) is 48.0 Å². The minimum absolute atomic E-state index is 0.0238. The zero-order valence-corrected chi connectivity index (χ0v) is 16.4. The molecule has 1 N–H and O–H groups in total. The number of thioether (sulfide) groups is 1. The van der Waals surface area contributed by atoms with Gasteiger partial charge in [0.1, 0.15) is 18.0 Å². The Morgan fingerprint density at radius 1 is 1.03 bits per heavy atom. The average molecular weight is 406 g/mol. The van der Waals surface area contributed by atoms with Crippen LogP contribution in [0.1, 0.15) is 12.0 Å². The first-order valence-electron chi connectivity index (χ1n) is 9.21. The number of carbonyl (C=O) groups is 1. The molecule has 2 aromatic heterocycles. The largest absolute Gasteiger partial charge is 0.352 e. The van der Waals surface area contributed by atoms with E-state index in [9.17, 15) is 9.18 Å². The third-order valence-corrected chi connectivity index (χ3v) is 5.42. The maximum absolute atomic E-state index is 12.9. The van der Waals surface area contributed by atoms with Crippen LogP contribution in [0.3, 0.4) is 0 Å². The van der Waals surface area contributed by atoms with Gasteiger partial charge in [-0.2, -0.15) is 0 Å². The van der Waals surface area contributed by atoms with E-state index < -0.39 is 0 Å². The van der Waals surface area contributed by atoms with Gasteiger partial charge in [0.15, 0.2) is 0 Å². The van der Waals surface area contributed by atoms with Crippen molar-refractivity contribution in [2.24, 2.45) is 0 Å². The Morgan fingerprint density at radius 3 is 2.66 bits per heavy atom. The van der Waals surface area contributed by atoms with Gasteiger partial charge in [-0.1, -0.05) is 18.2 Å². The number of rotatable bonds is 7. The lowest BCUT2D eigenvalue weighted by atomic mass is 10.2. The molecule has 0 saturated heterocycles. The highest BCUT2D eigenvalue weighted by atomic mass is 32.2. The van der Waals surface area contributed by atoms with Crippen molar-refractivity contribution in [1.29, 1.82) is 0 Å². The van der Waals surface area contributed by atoms with Crippen LogP contribution in [0.15, 0.2) is 78.1 Å². The second-order valence-electron chi connectivity index (χ2n) is 6.46. The second-order valence-corrected chi connectivity index (χ2v) is 7.63. The van der Waals surface area contributed by atoms with Gasteiger partial charge in [-0.25, -0.2) is 14.4 Å². The van der Waals surface area contributed by atoms with E-state index in [0.29, 0.717) is 18.7 Å². The van der Waals surface area contributed by atoms with E-state index in [1.165, 1.54) is 23.9 Å². The quantitative estimate of drug-likeness (QED) is 0.464. The lowest BCUT2D eigenvalue weighted by Gasteiger charge is -2.07. The Kier molecular flexibility index (Phi) is 5.86. The van der Waals surface area contributed by atoms with Crippen LogP contribution >= 0.6 is 11.8 Å². The van der Waals surface area contributed by atoms with E-state index in [0.717, 1.165) is 27.3 Å². The smallest absolute Gasteiger partial charge is 0.221 e. The number of nitrogens with zero attached hydrogens (tertiary/aromatic N) is 3. The topological polar surface area (TPSA) is 59.8 Å². The molecule has 7 heteroatoms. The summed E-state index contributed by atoms with van der Waals surface area (Å²) in [4.78, 5) is 21.9. The highest BCUT2D eigenvalue weighted by Gasteiger charge is 2.06. The Labute approximate surface area is 172 Å². The number of para-hydroxylation sites is 2. The first-order valence-corrected chi connectivity index (χ1v) is 10.2. The molecule has 146 valence electrons. The Hall–Kier alpha value is -3.19. The maximum atomic E-state index is 12.9. The average Bonchev–Trinajstić information content (AvgIpc) is 3.18. The van der Waals surface area contributed by atoms with E-state index in [-0.39, 0.29) is 11.7 Å². The van der Waals surface area contributed by atoms with Crippen molar-refractivity contribution < 1.29 is 9.18 Å². The summed E-state index contributed by atoms with van der Waals surface area (Å²) in [6, 6.07) is 18.0. The number of amides is 1. The van der Waals surface area contributed by atoms with Gasteiger partial charge in [0.25, 0.3) is 0 Å². The standard InChI is InChI=1S/C22H19FN4OS/c23-17-6-8-18(9-7-17)29-12-11-22(28)25-14-16-5-10-21(24-13-16)27-15-26-19-3-1-2-4-20(19)27/h1-10,13,15H,11-12,14H2,(H,25,28). The van der Waals surface area contributed by atoms with Crippen LogP contribution in [0.2, 0.25) is 0 Å². The number of carbonyl (C=O) groups excluding carboxylic acids is 1. The third kappa shape index (κ3) is 4.81. The number of hydrogen-bond acceptors (Lipinski definition) is 4. The first-order chi connectivity index (χ1) is 14.2. The Morgan fingerprint density at radius 2 is 1.86 bits per heavy atom. The van der Waals surface area contributed by atoms with Crippen LogP contribution < -0.4 is 5.32 Å². The summed E-state index contributed by atoms with van der Waals surface area (Å²) < 4.78 is 14.8. The fourth-order valence-corrected chi connectivity index (χ4v) is 3.74. The third-order valence-electron chi connectivity index (χ3n) is 4.41. The van der Waals surface area contributed by atoms with Crippen LogP contribution in [0.4, 0.5) is 4.39 Å². The summed E-state index contributed by atoms with van der Waals surface area (Å²) in [5.74, 6) is 1.14. The maximum Gasteiger partial charge on any atom is 0.221 e. The normalized spacial score (nSPS) is 10.9. The number of hydrogen-bond donors (Lipinski definition) is 1. The van der Waals surface area contributed by atoms with Crippen molar-refractivity contribution in [3.63, 3.8) is 0 Å². The molecule has 0 fully saturated rings. The molecule has 1 amide bonds. The van der Waals surface area contributed by atoms with Crippen LogP contribution in [0.25, 0.3) is 16.9 Å². The highest BCUT2D eigenvalue weighted by Crippen LogP contribution is 2.19. The molecule has 4 rings (SSSR count). The van der Waals surface area contributed by atoms with Gasteiger partial charge in [0, 0.05) is 29.8 Å². The number of benzene rings is 2. The molecule has 2 aromatic carbocycles. The van der Waals surface area contributed by atoms with Gasteiger partial charge in [0.2, 0.25) is 5.91 Å². The van der Waals surface area contributed by atoms with E-state index in [1.807, 2.05) is 41.0 Å². The minimum Gasteiger partial charge on any atom is -0.352 e. The molecule has 4 aromatic rings. The molecule has 0 aliphatic carbocycles. The van der Waals surface area contributed by atoms with Crippen molar-refractivity contribution >= 4 is 28.7 Å². The van der Waals surface area contributed by atoms with Crippen molar-refractivity contribution in [3.05, 3.63) is 84.6 Å². The molecule has 29 heavy (non-hydrogen) atoms. The van der Waals surface area contributed by atoms with Crippen LogP contribution in [-0.4, -0.2) is 26.2 Å². The number of fused-ring (bicyclic) bond motifs is 1. The predicted octanol–water partition coefficient (Wildman–Crippen LogP) is 4.36. The summed E-state index contributed by atoms with van der Waals surface area (Å²) >= 11 is 1.53. The molecule has 5 nitrogen and oxygen atoms in total. The molecule has 0 saturated carbocycles. The number of aromatic nitrogens is 3. The van der Waals surface area contributed by atoms with Crippen LogP contribution in [0.5, 0.6) is 0 Å².